The number of ketones is 1. The van der Waals surface area contributed by atoms with Gasteiger partial charge in [-0.1, -0.05) is 42.4 Å². The molecule has 0 bridgehead atoms. The third-order valence-corrected chi connectivity index (χ3v) is 3.97. The van der Waals surface area contributed by atoms with Gasteiger partial charge in [-0.2, -0.15) is 0 Å². The van der Waals surface area contributed by atoms with E-state index in [9.17, 15) is 4.79 Å². The first kappa shape index (κ1) is 14.5. The Morgan fingerprint density at radius 1 is 1.18 bits per heavy atom. The van der Waals surface area contributed by atoms with Crippen LogP contribution in [-0.4, -0.2) is 15.8 Å². The number of aromatic nitrogens is 2. The van der Waals surface area contributed by atoms with Crippen molar-refractivity contribution in [2.75, 3.05) is 0 Å². The van der Waals surface area contributed by atoms with E-state index in [0.29, 0.717) is 10.6 Å². The quantitative estimate of drug-likeness (QED) is 0.682. The third kappa shape index (κ3) is 2.34. The molecule has 110 valence electrons. The van der Waals surface area contributed by atoms with Gasteiger partial charge in [-0.15, -0.1) is 0 Å². The predicted octanol–water partition coefficient (Wildman–Crippen LogP) is 5.12. The molecule has 2 heterocycles. The molecule has 22 heavy (non-hydrogen) atoms. The fourth-order valence-electron chi connectivity index (χ4n) is 2.56. The number of nitrogens with zero attached hydrogens (tertiary/aromatic N) is 1. The smallest absolute Gasteiger partial charge is 0.159 e. The summed E-state index contributed by atoms with van der Waals surface area (Å²) in [5.74, 6) is 0.0466. The zero-order chi connectivity index (χ0) is 15.9. The molecule has 0 radical (unpaired) electrons. The molecule has 3 aromatic rings. The molecule has 2 aromatic heterocycles. The minimum Gasteiger partial charge on any atom is -0.339 e. The van der Waals surface area contributed by atoms with Crippen molar-refractivity contribution < 1.29 is 4.79 Å². The van der Waals surface area contributed by atoms with E-state index in [-0.39, 0.29) is 5.78 Å². The molecule has 0 spiro atoms. The van der Waals surface area contributed by atoms with Gasteiger partial charge in [0, 0.05) is 22.7 Å². The monoisotopic (exact) mass is 310 g/mol. The van der Waals surface area contributed by atoms with Crippen LogP contribution in [-0.2, 0) is 0 Å². The molecule has 0 atom stereocenters. The Labute approximate surface area is 133 Å². The molecule has 4 heteroatoms. The Morgan fingerprint density at radius 3 is 2.45 bits per heavy atom. The zero-order valence-electron chi connectivity index (χ0n) is 12.4. The van der Waals surface area contributed by atoms with Crippen molar-refractivity contribution >= 4 is 34.0 Å². The van der Waals surface area contributed by atoms with Gasteiger partial charge in [-0.3, -0.25) is 4.79 Å². The highest BCUT2D eigenvalue weighted by molar-refractivity contribution is 6.36. The van der Waals surface area contributed by atoms with Crippen LogP contribution in [0.1, 0.15) is 29.9 Å². The number of rotatable bonds is 3. The molecule has 0 saturated carbocycles. The molecule has 0 unspecified atom stereocenters. The van der Waals surface area contributed by atoms with Crippen LogP contribution in [0.3, 0.4) is 0 Å². The van der Waals surface area contributed by atoms with E-state index in [1.807, 2.05) is 31.2 Å². The number of fused-ring (bicyclic) bond motifs is 1. The van der Waals surface area contributed by atoms with Gasteiger partial charge in [0.1, 0.15) is 5.65 Å². The summed E-state index contributed by atoms with van der Waals surface area (Å²) in [4.78, 5) is 19.1. The van der Waals surface area contributed by atoms with Gasteiger partial charge in [-0.25, -0.2) is 4.98 Å². The number of carbonyl (C=O) groups excluding carboxylic acids is 1. The maximum absolute atomic E-state index is 11.4. The molecule has 1 aromatic carbocycles. The first-order valence-corrected chi connectivity index (χ1v) is 7.30. The Bertz CT molecular complexity index is 891. The van der Waals surface area contributed by atoms with Gasteiger partial charge in [0.05, 0.1) is 10.7 Å². The lowest BCUT2D eigenvalue weighted by molar-refractivity contribution is 0.101. The number of H-pyrrole nitrogens is 1. The molecule has 3 rings (SSSR count). The molecule has 0 aliphatic rings. The molecule has 3 nitrogen and oxygen atoms in total. The Kier molecular flexibility index (Phi) is 3.59. The van der Waals surface area contributed by atoms with Crippen LogP contribution in [0.25, 0.3) is 27.7 Å². The number of hydrogen-bond acceptors (Lipinski definition) is 2. The average molecular weight is 311 g/mol. The zero-order valence-corrected chi connectivity index (χ0v) is 13.2. The van der Waals surface area contributed by atoms with E-state index in [1.54, 1.807) is 19.2 Å². The second-order valence-corrected chi connectivity index (χ2v) is 5.71. The number of hydrogen-bond donors (Lipinski definition) is 1. The number of benzene rings is 1. The topological polar surface area (TPSA) is 45.8 Å². The van der Waals surface area contributed by atoms with E-state index in [2.05, 4.69) is 16.5 Å². The molecule has 0 saturated heterocycles. The summed E-state index contributed by atoms with van der Waals surface area (Å²) < 4.78 is 0. The highest BCUT2D eigenvalue weighted by Crippen LogP contribution is 2.38. The van der Waals surface area contributed by atoms with Crippen molar-refractivity contribution in [1.82, 2.24) is 9.97 Å². The molecule has 0 amide bonds. The second-order valence-electron chi connectivity index (χ2n) is 5.31. The fourth-order valence-corrected chi connectivity index (χ4v) is 2.80. The largest absolute Gasteiger partial charge is 0.339 e. The van der Waals surface area contributed by atoms with Crippen molar-refractivity contribution in [1.29, 1.82) is 0 Å². The highest BCUT2D eigenvalue weighted by atomic mass is 35.5. The number of aromatic amines is 1. The summed E-state index contributed by atoms with van der Waals surface area (Å²) in [6.45, 7) is 7.52. The normalized spacial score (nSPS) is 10.9. The minimum absolute atomic E-state index is 0.0466. The highest BCUT2D eigenvalue weighted by Gasteiger charge is 2.17. The first-order valence-electron chi connectivity index (χ1n) is 6.92. The van der Waals surface area contributed by atoms with Gasteiger partial charge in [0.25, 0.3) is 0 Å². The van der Waals surface area contributed by atoms with E-state index >= 15 is 0 Å². The molecule has 0 fully saturated rings. The third-order valence-electron chi connectivity index (χ3n) is 3.65. The van der Waals surface area contributed by atoms with Crippen LogP contribution < -0.4 is 0 Å². The van der Waals surface area contributed by atoms with Gasteiger partial charge in [0.2, 0.25) is 0 Å². The molecule has 1 N–H and O–H groups in total. The van der Waals surface area contributed by atoms with Crippen molar-refractivity contribution in [3.05, 3.63) is 59.4 Å². The predicted molar refractivity (Wildman–Crippen MR) is 91.3 cm³/mol. The van der Waals surface area contributed by atoms with Crippen molar-refractivity contribution in [2.24, 2.45) is 0 Å². The molecular weight excluding hydrogens is 296 g/mol. The van der Waals surface area contributed by atoms with Crippen molar-refractivity contribution in [3.63, 3.8) is 0 Å². The maximum Gasteiger partial charge on any atom is 0.159 e. The average Bonchev–Trinajstić information content (AvgIpc) is 2.88. The van der Waals surface area contributed by atoms with E-state index < -0.39 is 0 Å². The van der Waals surface area contributed by atoms with E-state index in [1.165, 1.54) is 0 Å². The summed E-state index contributed by atoms with van der Waals surface area (Å²) in [6.07, 6.45) is 1.67. The van der Waals surface area contributed by atoms with Gasteiger partial charge in [-0.05, 0) is 31.1 Å². The van der Waals surface area contributed by atoms with Crippen LogP contribution in [0, 0.1) is 0 Å². The Balaban J connectivity index is 2.30. The number of allylic oxidation sites excluding steroid dienone is 1. The number of carbonyl (C=O) groups is 1. The second kappa shape index (κ2) is 5.43. The molecule has 0 aliphatic carbocycles. The Hall–Kier alpha value is -2.39. The van der Waals surface area contributed by atoms with Gasteiger partial charge in [0.15, 0.2) is 5.78 Å². The lowest BCUT2D eigenvalue weighted by Crippen LogP contribution is -1.91. The van der Waals surface area contributed by atoms with Gasteiger partial charge >= 0.3 is 0 Å². The standard InChI is InChI=1S/C18H15ClN2O/c1-10(2)17-15(13-6-4-12(5-7-13)11(3)22)16-14(19)8-9-20-18(16)21-17/h4-9H,1H2,2-3H3,(H,20,21). The van der Waals surface area contributed by atoms with Crippen molar-refractivity contribution in [2.45, 2.75) is 13.8 Å². The summed E-state index contributed by atoms with van der Waals surface area (Å²) in [7, 11) is 0. The lowest BCUT2D eigenvalue weighted by Gasteiger charge is -2.06. The molecular formula is C18H15ClN2O. The van der Waals surface area contributed by atoms with Gasteiger partial charge < -0.3 is 4.98 Å². The lowest BCUT2D eigenvalue weighted by atomic mass is 9.98. The van der Waals surface area contributed by atoms with E-state index in [0.717, 1.165) is 33.4 Å². The summed E-state index contributed by atoms with van der Waals surface area (Å²) in [5, 5.41) is 1.51. The number of nitrogens with one attached hydrogen (secondary N) is 1. The maximum atomic E-state index is 11.4. The summed E-state index contributed by atoms with van der Waals surface area (Å²) in [6, 6.07) is 9.27. The summed E-state index contributed by atoms with van der Waals surface area (Å²) in [5.41, 5.74) is 5.17. The fraction of sp³-hybridized carbons (Fsp3) is 0.111. The first-order chi connectivity index (χ1) is 10.5. The molecule has 0 aliphatic heterocycles. The van der Waals surface area contributed by atoms with Crippen LogP contribution in [0.4, 0.5) is 0 Å². The number of halogens is 1. The van der Waals surface area contributed by atoms with Crippen LogP contribution in [0.15, 0.2) is 43.1 Å². The summed E-state index contributed by atoms with van der Waals surface area (Å²) >= 11 is 6.37. The van der Waals surface area contributed by atoms with Crippen LogP contribution in [0.2, 0.25) is 5.02 Å². The van der Waals surface area contributed by atoms with Crippen molar-refractivity contribution in [3.8, 4) is 11.1 Å². The minimum atomic E-state index is 0.0466. The Morgan fingerprint density at radius 2 is 1.86 bits per heavy atom. The van der Waals surface area contributed by atoms with Crippen LogP contribution in [0.5, 0.6) is 0 Å². The van der Waals surface area contributed by atoms with E-state index in [4.69, 9.17) is 11.6 Å². The van der Waals surface area contributed by atoms with Crippen LogP contribution >= 0.6 is 11.6 Å². The SMILES string of the molecule is C=C(C)c1[nH]c2nccc(Cl)c2c1-c1ccc(C(C)=O)cc1. The number of Topliss-reactive ketones (excluding diaryl/α,β-unsaturated/α-hetero) is 1. The number of pyridine rings is 1.